The standard InChI is InChI=1S/C9H8ClN5O2S/c1-17-7(16)5-15-9(12-13-14-15)18-8-6(10)3-2-4-11-8/h2-4H,5H2,1H3. The van der Waals surface area contributed by atoms with Gasteiger partial charge in [-0.05, 0) is 34.3 Å². The number of aromatic nitrogens is 5. The molecule has 0 spiro atoms. The lowest BCUT2D eigenvalue weighted by Crippen LogP contribution is -2.13. The number of carbonyl (C=O) groups is 1. The van der Waals surface area contributed by atoms with Crippen molar-refractivity contribution in [2.24, 2.45) is 0 Å². The van der Waals surface area contributed by atoms with Gasteiger partial charge in [0.25, 0.3) is 0 Å². The van der Waals surface area contributed by atoms with E-state index in [-0.39, 0.29) is 6.54 Å². The Hall–Kier alpha value is -1.67. The second-order valence-electron chi connectivity index (χ2n) is 3.09. The zero-order valence-electron chi connectivity index (χ0n) is 9.28. The molecule has 0 radical (unpaired) electrons. The van der Waals surface area contributed by atoms with Crippen LogP contribution in [0.15, 0.2) is 28.5 Å². The third kappa shape index (κ3) is 2.96. The molecular weight excluding hydrogens is 278 g/mol. The second kappa shape index (κ2) is 5.78. The molecule has 94 valence electrons. The number of halogens is 1. The topological polar surface area (TPSA) is 82.8 Å². The predicted octanol–water partition coefficient (Wildman–Crippen LogP) is 1.05. The predicted molar refractivity (Wildman–Crippen MR) is 63.2 cm³/mol. The number of rotatable bonds is 4. The van der Waals surface area contributed by atoms with E-state index in [1.165, 1.54) is 23.6 Å². The molecule has 0 aliphatic rings. The van der Waals surface area contributed by atoms with E-state index in [1.54, 1.807) is 18.3 Å². The van der Waals surface area contributed by atoms with Crippen LogP contribution in [-0.4, -0.2) is 38.3 Å². The minimum Gasteiger partial charge on any atom is -0.468 e. The van der Waals surface area contributed by atoms with Crippen LogP contribution in [0.5, 0.6) is 0 Å². The number of hydrogen-bond donors (Lipinski definition) is 0. The average molecular weight is 286 g/mol. The molecule has 18 heavy (non-hydrogen) atoms. The van der Waals surface area contributed by atoms with Crippen LogP contribution in [-0.2, 0) is 16.1 Å². The van der Waals surface area contributed by atoms with Crippen LogP contribution in [0.3, 0.4) is 0 Å². The third-order valence-electron chi connectivity index (χ3n) is 1.92. The van der Waals surface area contributed by atoms with Gasteiger partial charge in [0.15, 0.2) is 0 Å². The van der Waals surface area contributed by atoms with Gasteiger partial charge in [-0.3, -0.25) is 4.79 Å². The fourth-order valence-electron chi connectivity index (χ4n) is 1.09. The number of nitrogens with zero attached hydrogens (tertiary/aromatic N) is 5. The Labute approximate surface area is 111 Å². The molecule has 0 atom stereocenters. The zero-order valence-corrected chi connectivity index (χ0v) is 10.9. The lowest BCUT2D eigenvalue weighted by atomic mass is 10.5. The Morgan fingerprint density at radius 1 is 1.61 bits per heavy atom. The first kappa shape index (κ1) is 12.8. The largest absolute Gasteiger partial charge is 0.468 e. The molecule has 7 nitrogen and oxygen atoms in total. The van der Waals surface area contributed by atoms with Gasteiger partial charge in [0.1, 0.15) is 11.6 Å². The monoisotopic (exact) mass is 285 g/mol. The van der Waals surface area contributed by atoms with Gasteiger partial charge in [0.2, 0.25) is 5.16 Å². The molecule has 0 unspecified atom stereocenters. The molecule has 2 rings (SSSR count). The van der Waals surface area contributed by atoms with Crippen molar-refractivity contribution in [3.05, 3.63) is 23.4 Å². The van der Waals surface area contributed by atoms with Gasteiger partial charge in [0, 0.05) is 6.20 Å². The van der Waals surface area contributed by atoms with Gasteiger partial charge in [-0.1, -0.05) is 11.6 Å². The number of tetrazole rings is 1. The van der Waals surface area contributed by atoms with Crippen molar-refractivity contribution in [1.29, 1.82) is 0 Å². The number of esters is 1. The van der Waals surface area contributed by atoms with Crippen LogP contribution in [0.1, 0.15) is 0 Å². The molecule has 0 amide bonds. The summed E-state index contributed by atoms with van der Waals surface area (Å²) < 4.78 is 5.87. The molecule has 2 aromatic rings. The van der Waals surface area contributed by atoms with Gasteiger partial charge < -0.3 is 4.74 Å². The van der Waals surface area contributed by atoms with Crippen LogP contribution in [0.2, 0.25) is 5.02 Å². The molecule has 9 heteroatoms. The van der Waals surface area contributed by atoms with E-state index in [4.69, 9.17) is 11.6 Å². The molecule has 0 N–H and O–H groups in total. The van der Waals surface area contributed by atoms with Crippen molar-refractivity contribution >= 4 is 29.3 Å². The molecule has 0 saturated heterocycles. The van der Waals surface area contributed by atoms with Crippen molar-refractivity contribution in [3.8, 4) is 0 Å². The summed E-state index contributed by atoms with van der Waals surface area (Å²) in [5.74, 6) is -0.434. The number of hydrogen-bond acceptors (Lipinski definition) is 7. The van der Waals surface area contributed by atoms with Crippen LogP contribution >= 0.6 is 23.4 Å². The highest BCUT2D eigenvalue weighted by molar-refractivity contribution is 7.99. The van der Waals surface area contributed by atoms with E-state index in [9.17, 15) is 4.79 Å². The van der Waals surface area contributed by atoms with E-state index in [2.05, 4.69) is 25.2 Å². The molecule has 0 aromatic carbocycles. The van der Waals surface area contributed by atoms with Crippen LogP contribution in [0.25, 0.3) is 0 Å². The Kier molecular flexibility index (Phi) is 4.11. The highest BCUT2D eigenvalue weighted by Crippen LogP contribution is 2.29. The first-order chi connectivity index (χ1) is 8.70. The van der Waals surface area contributed by atoms with Gasteiger partial charge in [-0.2, -0.15) is 0 Å². The summed E-state index contributed by atoms with van der Waals surface area (Å²) in [6.45, 7) is -0.0592. The highest BCUT2D eigenvalue weighted by Gasteiger charge is 2.13. The number of methoxy groups -OCH3 is 1. The molecule has 0 aliphatic heterocycles. The van der Waals surface area contributed by atoms with Crippen molar-refractivity contribution in [2.45, 2.75) is 16.7 Å². The lowest BCUT2D eigenvalue weighted by Gasteiger charge is -2.03. The fourth-order valence-corrected chi connectivity index (χ4v) is 2.06. The number of pyridine rings is 1. The molecular formula is C9H8ClN5O2S. The van der Waals surface area contributed by atoms with Crippen molar-refractivity contribution < 1.29 is 9.53 Å². The summed E-state index contributed by atoms with van der Waals surface area (Å²) in [5.41, 5.74) is 0. The summed E-state index contributed by atoms with van der Waals surface area (Å²) in [5, 5.41) is 12.5. The van der Waals surface area contributed by atoms with Gasteiger partial charge >= 0.3 is 5.97 Å². The molecule has 0 aliphatic carbocycles. The SMILES string of the molecule is COC(=O)Cn1nnnc1Sc1ncccc1Cl. The second-order valence-corrected chi connectivity index (χ2v) is 4.45. The molecule has 2 aromatic heterocycles. The Morgan fingerprint density at radius 2 is 2.44 bits per heavy atom. The Morgan fingerprint density at radius 3 is 3.17 bits per heavy atom. The van der Waals surface area contributed by atoms with E-state index in [0.29, 0.717) is 15.2 Å². The number of carbonyl (C=O) groups excluding carboxylic acids is 1. The first-order valence-corrected chi connectivity index (χ1v) is 6.01. The molecule has 0 bridgehead atoms. The van der Waals surface area contributed by atoms with Crippen LogP contribution in [0.4, 0.5) is 0 Å². The average Bonchev–Trinajstić information content (AvgIpc) is 2.79. The minimum absolute atomic E-state index is 0.0592. The summed E-state index contributed by atoms with van der Waals surface area (Å²) in [6.07, 6.45) is 1.61. The summed E-state index contributed by atoms with van der Waals surface area (Å²) >= 11 is 7.15. The maximum Gasteiger partial charge on any atom is 0.327 e. The lowest BCUT2D eigenvalue weighted by molar-refractivity contribution is -0.141. The normalized spacial score (nSPS) is 10.3. The van der Waals surface area contributed by atoms with Crippen molar-refractivity contribution in [3.63, 3.8) is 0 Å². The number of ether oxygens (including phenoxy) is 1. The molecule has 0 fully saturated rings. The Balaban J connectivity index is 2.18. The maximum absolute atomic E-state index is 11.2. The Bertz CT molecular complexity index is 561. The quantitative estimate of drug-likeness (QED) is 0.776. The van der Waals surface area contributed by atoms with E-state index < -0.39 is 5.97 Å². The molecule has 2 heterocycles. The van der Waals surface area contributed by atoms with Gasteiger partial charge in [-0.15, -0.1) is 5.10 Å². The maximum atomic E-state index is 11.2. The fraction of sp³-hybridized carbons (Fsp3) is 0.222. The highest BCUT2D eigenvalue weighted by atomic mass is 35.5. The van der Waals surface area contributed by atoms with Crippen molar-refractivity contribution in [1.82, 2.24) is 25.2 Å². The third-order valence-corrected chi connectivity index (χ3v) is 3.33. The van der Waals surface area contributed by atoms with Gasteiger partial charge in [0.05, 0.1) is 12.1 Å². The van der Waals surface area contributed by atoms with Gasteiger partial charge in [-0.25, -0.2) is 9.67 Å². The van der Waals surface area contributed by atoms with E-state index in [1.807, 2.05) is 0 Å². The summed E-state index contributed by atoms with van der Waals surface area (Å²) in [7, 11) is 1.30. The van der Waals surface area contributed by atoms with Crippen LogP contribution < -0.4 is 0 Å². The minimum atomic E-state index is -0.434. The summed E-state index contributed by atoms with van der Waals surface area (Å²) in [4.78, 5) is 15.3. The summed E-state index contributed by atoms with van der Waals surface area (Å²) in [6, 6.07) is 3.44. The first-order valence-electron chi connectivity index (χ1n) is 4.82. The van der Waals surface area contributed by atoms with E-state index >= 15 is 0 Å². The smallest absolute Gasteiger partial charge is 0.327 e. The van der Waals surface area contributed by atoms with Crippen LogP contribution in [0, 0.1) is 0 Å². The van der Waals surface area contributed by atoms with Crippen molar-refractivity contribution in [2.75, 3.05) is 7.11 Å². The molecule has 0 saturated carbocycles. The van der Waals surface area contributed by atoms with E-state index in [0.717, 1.165) is 0 Å². The zero-order chi connectivity index (χ0) is 13.0.